The van der Waals surface area contributed by atoms with Crippen molar-refractivity contribution in [2.75, 3.05) is 0 Å². The summed E-state index contributed by atoms with van der Waals surface area (Å²) >= 11 is 0. The lowest BCUT2D eigenvalue weighted by molar-refractivity contribution is -0.384. The van der Waals surface area contributed by atoms with Crippen molar-refractivity contribution < 1.29 is 10.0 Å². The molecule has 0 atom stereocenters. The maximum Gasteiger partial charge on any atom is 0.275 e. The van der Waals surface area contributed by atoms with Crippen LogP contribution in [0.5, 0.6) is 5.75 Å². The van der Waals surface area contributed by atoms with Crippen LogP contribution >= 0.6 is 0 Å². The van der Waals surface area contributed by atoms with E-state index in [9.17, 15) is 15.2 Å². The molecule has 0 saturated heterocycles. The van der Waals surface area contributed by atoms with Gasteiger partial charge in [0.1, 0.15) is 5.75 Å². The quantitative estimate of drug-likeness (QED) is 0.403. The predicted molar refractivity (Wildman–Crippen MR) is 67.6 cm³/mol. The summed E-state index contributed by atoms with van der Waals surface area (Å²) in [6.45, 7) is 0. The standard InChI is InChI=1S/C13H8N2O3/c16-13-7-9(15(17)18)6-12-10(13)5-8-3-1-2-4-11(8)14-12/h1-7,16H. The van der Waals surface area contributed by atoms with E-state index in [0.29, 0.717) is 10.9 Å². The van der Waals surface area contributed by atoms with E-state index in [1.807, 2.05) is 24.3 Å². The largest absolute Gasteiger partial charge is 0.507 e. The Labute approximate surface area is 101 Å². The van der Waals surface area contributed by atoms with Crippen molar-refractivity contribution in [1.82, 2.24) is 4.98 Å². The molecule has 88 valence electrons. The van der Waals surface area contributed by atoms with Crippen LogP contribution in [0, 0.1) is 10.1 Å². The number of para-hydroxylation sites is 1. The Morgan fingerprint density at radius 2 is 1.89 bits per heavy atom. The second-order valence-electron chi connectivity index (χ2n) is 3.97. The van der Waals surface area contributed by atoms with Gasteiger partial charge in [-0.25, -0.2) is 4.98 Å². The van der Waals surface area contributed by atoms with E-state index in [1.165, 1.54) is 6.07 Å². The fourth-order valence-electron chi connectivity index (χ4n) is 1.95. The van der Waals surface area contributed by atoms with Crippen LogP contribution in [0.2, 0.25) is 0 Å². The number of hydrogen-bond acceptors (Lipinski definition) is 4. The van der Waals surface area contributed by atoms with E-state index in [1.54, 1.807) is 6.07 Å². The zero-order valence-corrected chi connectivity index (χ0v) is 9.20. The molecular formula is C13H8N2O3. The van der Waals surface area contributed by atoms with Crippen LogP contribution in [0.15, 0.2) is 42.5 Å². The number of aromatic hydroxyl groups is 1. The van der Waals surface area contributed by atoms with Gasteiger partial charge in [0.2, 0.25) is 0 Å². The predicted octanol–water partition coefficient (Wildman–Crippen LogP) is 3.00. The molecule has 1 heterocycles. The van der Waals surface area contributed by atoms with Gasteiger partial charge in [-0.2, -0.15) is 0 Å². The lowest BCUT2D eigenvalue weighted by Crippen LogP contribution is -1.90. The van der Waals surface area contributed by atoms with Crippen molar-refractivity contribution in [2.45, 2.75) is 0 Å². The number of phenolic OH excluding ortho intramolecular Hbond substituents is 1. The molecule has 0 spiro atoms. The van der Waals surface area contributed by atoms with Crippen molar-refractivity contribution in [1.29, 1.82) is 0 Å². The number of nitro groups is 1. The molecule has 0 amide bonds. The van der Waals surface area contributed by atoms with Crippen LogP contribution in [0.4, 0.5) is 5.69 Å². The first kappa shape index (κ1) is 10.5. The molecule has 0 aliphatic heterocycles. The average molecular weight is 240 g/mol. The Balaban J connectivity index is 2.42. The first-order valence-corrected chi connectivity index (χ1v) is 5.32. The molecule has 0 radical (unpaired) electrons. The highest BCUT2D eigenvalue weighted by molar-refractivity contribution is 5.96. The third-order valence-corrected chi connectivity index (χ3v) is 2.81. The van der Waals surface area contributed by atoms with E-state index in [4.69, 9.17) is 0 Å². The third kappa shape index (κ3) is 1.53. The van der Waals surface area contributed by atoms with Crippen LogP contribution in [0.25, 0.3) is 21.8 Å². The van der Waals surface area contributed by atoms with Gasteiger partial charge < -0.3 is 5.11 Å². The Bertz CT molecular complexity index is 784. The molecule has 2 aromatic carbocycles. The number of benzene rings is 2. The van der Waals surface area contributed by atoms with Gasteiger partial charge in [0, 0.05) is 16.8 Å². The molecule has 5 nitrogen and oxygen atoms in total. The SMILES string of the molecule is O=[N+]([O-])c1cc(O)c2cc3ccccc3nc2c1. The molecule has 18 heavy (non-hydrogen) atoms. The summed E-state index contributed by atoms with van der Waals surface area (Å²) < 4.78 is 0. The summed E-state index contributed by atoms with van der Waals surface area (Å²) in [5.74, 6) is -0.127. The van der Waals surface area contributed by atoms with Gasteiger partial charge in [0.25, 0.3) is 5.69 Å². The molecular weight excluding hydrogens is 232 g/mol. The number of non-ortho nitro benzene ring substituents is 1. The fraction of sp³-hybridized carbons (Fsp3) is 0. The highest BCUT2D eigenvalue weighted by Crippen LogP contribution is 2.31. The lowest BCUT2D eigenvalue weighted by Gasteiger charge is -2.03. The van der Waals surface area contributed by atoms with E-state index >= 15 is 0 Å². The molecule has 0 aliphatic rings. The van der Waals surface area contributed by atoms with E-state index in [2.05, 4.69) is 4.98 Å². The number of phenols is 1. The minimum atomic E-state index is -0.546. The number of nitrogens with zero attached hydrogens (tertiary/aromatic N) is 2. The highest BCUT2D eigenvalue weighted by Gasteiger charge is 2.12. The average Bonchev–Trinajstić information content (AvgIpc) is 2.36. The molecule has 0 fully saturated rings. The molecule has 3 aromatic rings. The summed E-state index contributed by atoms with van der Waals surface area (Å²) in [7, 11) is 0. The maximum atomic E-state index is 10.7. The molecule has 1 N–H and O–H groups in total. The van der Waals surface area contributed by atoms with Crippen LogP contribution < -0.4 is 0 Å². The van der Waals surface area contributed by atoms with E-state index < -0.39 is 4.92 Å². The van der Waals surface area contributed by atoms with Crippen molar-refractivity contribution >= 4 is 27.5 Å². The van der Waals surface area contributed by atoms with Gasteiger partial charge in [-0.1, -0.05) is 18.2 Å². The van der Waals surface area contributed by atoms with Gasteiger partial charge in [0.15, 0.2) is 0 Å². The number of aromatic nitrogens is 1. The van der Waals surface area contributed by atoms with Crippen LogP contribution in [-0.4, -0.2) is 15.0 Å². The van der Waals surface area contributed by atoms with Crippen molar-refractivity contribution in [3.05, 3.63) is 52.6 Å². The first-order valence-electron chi connectivity index (χ1n) is 5.32. The molecule has 0 bridgehead atoms. The van der Waals surface area contributed by atoms with Gasteiger partial charge in [0.05, 0.1) is 22.0 Å². The minimum Gasteiger partial charge on any atom is -0.507 e. The molecule has 0 unspecified atom stereocenters. The van der Waals surface area contributed by atoms with Gasteiger partial charge in [-0.3, -0.25) is 10.1 Å². The summed E-state index contributed by atoms with van der Waals surface area (Å²) in [6.07, 6.45) is 0. The third-order valence-electron chi connectivity index (χ3n) is 2.81. The summed E-state index contributed by atoms with van der Waals surface area (Å²) in [5.41, 5.74) is 0.994. The second kappa shape index (κ2) is 3.66. The number of hydrogen-bond donors (Lipinski definition) is 1. The van der Waals surface area contributed by atoms with Crippen molar-refractivity contribution in [3.8, 4) is 5.75 Å². The van der Waals surface area contributed by atoms with E-state index in [-0.39, 0.29) is 11.4 Å². The minimum absolute atomic E-state index is 0.127. The Morgan fingerprint density at radius 1 is 1.11 bits per heavy atom. The van der Waals surface area contributed by atoms with Gasteiger partial charge in [-0.05, 0) is 12.1 Å². The van der Waals surface area contributed by atoms with Crippen LogP contribution in [0.1, 0.15) is 0 Å². The molecule has 0 aliphatic carbocycles. The highest BCUT2D eigenvalue weighted by atomic mass is 16.6. The molecule has 1 aromatic heterocycles. The molecule has 5 heteroatoms. The van der Waals surface area contributed by atoms with Crippen LogP contribution in [0.3, 0.4) is 0 Å². The molecule has 0 saturated carbocycles. The van der Waals surface area contributed by atoms with Crippen LogP contribution in [-0.2, 0) is 0 Å². The number of nitro benzene ring substituents is 1. The zero-order chi connectivity index (χ0) is 12.7. The monoisotopic (exact) mass is 240 g/mol. The summed E-state index contributed by atoms with van der Waals surface area (Å²) in [4.78, 5) is 14.5. The van der Waals surface area contributed by atoms with Gasteiger partial charge >= 0.3 is 0 Å². The van der Waals surface area contributed by atoms with Crippen molar-refractivity contribution in [2.24, 2.45) is 0 Å². The summed E-state index contributed by atoms with van der Waals surface area (Å²) in [6, 6.07) is 11.7. The van der Waals surface area contributed by atoms with E-state index in [0.717, 1.165) is 17.0 Å². The number of rotatable bonds is 1. The first-order chi connectivity index (χ1) is 8.65. The number of fused-ring (bicyclic) bond motifs is 2. The second-order valence-corrected chi connectivity index (χ2v) is 3.97. The molecule has 3 rings (SSSR count). The normalized spacial score (nSPS) is 10.9. The zero-order valence-electron chi connectivity index (χ0n) is 9.20. The topological polar surface area (TPSA) is 76.3 Å². The fourth-order valence-corrected chi connectivity index (χ4v) is 1.95. The summed E-state index contributed by atoms with van der Waals surface area (Å²) in [5, 5.41) is 21.9. The lowest BCUT2D eigenvalue weighted by atomic mass is 10.1. The Morgan fingerprint density at radius 3 is 2.67 bits per heavy atom. The van der Waals surface area contributed by atoms with Gasteiger partial charge in [-0.15, -0.1) is 0 Å². The van der Waals surface area contributed by atoms with Crippen molar-refractivity contribution in [3.63, 3.8) is 0 Å². The smallest absolute Gasteiger partial charge is 0.275 e. The Hall–Kier alpha value is -2.69. The Kier molecular flexibility index (Phi) is 2.13. The number of pyridine rings is 1. The maximum absolute atomic E-state index is 10.7.